The Morgan fingerprint density at radius 2 is 2.06 bits per heavy atom. The summed E-state index contributed by atoms with van der Waals surface area (Å²) >= 11 is 0. The minimum atomic E-state index is 0.459. The summed E-state index contributed by atoms with van der Waals surface area (Å²) in [6.07, 6.45) is 6.14. The average molecular weight is 243 g/mol. The van der Waals surface area contributed by atoms with E-state index in [-0.39, 0.29) is 0 Å². The summed E-state index contributed by atoms with van der Waals surface area (Å²) < 4.78 is 1.97. The van der Waals surface area contributed by atoms with Gasteiger partial charge >= 0.3 is 0 Å². The maximum atomic E-state index is 4.21. The topological polar surface area (TPSA) is 29.9 Å². The number of aromatic nitrogens is 2. The number of hydrogen-bond donors (Lipinski definition) is 1. The maximum absolute atomic E-state index is 4.21. The van der Waals surface area contributed by atoms with Crippen molar-refractivity contribution in [3.63, 3.8) is 0 Å². The lowest BCUT2D eigenvalue weighted by molar-refractivity contribution is 0.448. The van der Waals surface area contributed by atoms with Crippen molar-refractivity contribution >= 4 is 0 Å². The highest BCUT2D eigenvalue weighted by Crippen LogP contribution is 2.01. The summed E-state index contributed by atoms with van der Waals surface area (Å²) in [5.74, 6) is 0. The second-order valence-corrected chi connectivity index (χ2v) is 4.67. The van der Waals surface area contributed by atoms with Crippen molar-refractivity contribution in [3.05, 3.63) is 54.4 Å². The fraction of sp³-hybridized carbons (Fsp3) is 0.400. The summed E-state index contributed by atoms with van der Waals surface area (Å²) in [6.45, 7) is 4.18. The van der Waals surface area contributed by atoms with Gasteiger partial charge in [0.1, 0.15) is 0 Å². The zero-order valence-corrected chi connectivity index (χ0v) is 10.9. The number of hydrogen-bond acceptors (Lipinski definition) is 2. The molecule has 0 spiro atoms. The van der Waals surface area contributed by atoms with Crippen LogP contribution in [0.15, 0.2) is 48.8 Å². The Kier molecular flexibility index (Phi) is 4.97. The molecular weight excluding hydrogens is 222 g/mol. The Bertz CT molecular complexity index is 422. The molecular formula is C15H21N3. The number of aryl methyl sites for hydroxylation is 1. The Morgan fingerprint density at radius 1 is 1.22 bits per heavy atom. The number of nitrogens with zero attached hydrogens (tertiary/aromatic N) is 2. The van der Waals surface area contributed by atoms with Crippen LogP contribution in [-0.2, 0) is 13.0 Å². The van der Waals surface area contributed by atoms with Gasteiger partial charge in [-0.15, -0.1) is 0 Å². The Balaban J connectivity index is 1.60. The standard InChI is InChI=1S/C15H21N3/c1-14(13-18-12-6-11-17-18)16-10-5-9-15-7-3-2-4-8-15/h2-4,6-8,11-12,14,16H,5,9-10,13H2,1H3. The van der Waals surface area contributed by atoms with E-state index < -0.39 is 0 Å². The third-order valence-corrected chi connectivity index (χ3v) is 3.00. The fourth-order valence-corrected chi connectivity index (χ4v) is 2.04. The van der Waals surface area contributed by atoms with E-state index in [1.54, 1.807) is 0 Å². The molecule has 0 bridgehead atoms. The van der Waals surface area contributed by atoms with Gasteiger partial charge < -0.3 is 5.32 Å². The van der Waals surface area contributed by atoms with E-state index in [0.29, 0.717) is 6.04 Å². The van der Waals surface area contributed by atoms with Crippen LogP contribution in [0.25, 0.3) is 0 Å². The first kappa shape index (κ1) is 12.8. The van der Waals surface area contributed by atoms with Gasteiger partial charge in [0.2, 0.25) is 0 Å². The van der Waals surface area contributed by atoms with Gasteiger partial charge in [-0.05, 0) is 37.9 Å². The van der Waals surface area contributed by atoms with E-state index in [1.165, 1.54) is 12.0 Å². The number of rotatable bonds is 7. The molecule has 0 fully saturated rings. The van der Waals surface area contributed by atoms with Gasteiger partial charge in [0.05, 0.1) is 6.54 Å². The first-order valence-electron chi connectivity index (χ1n) is 6.59. The van der Waals surface area contributed by atoms with Crippen molar-refractivity contribution in [3.8, 4) is 0 Å². The van der Waals surface area contributed by atoms with Crippen molar-refractivity contribution in [1.29, 1.82) is 0 Å². The molecule has 3 nitrogen and oxygen atoms in total. The minimum absolute atomic E-state index is 0.459. The Hall–Kier alpha value is -1.61. The highest BCUT2D eigenvalue weighted by atomic mass is 15.3. The summed E-state index contributed by atoms with van der Waals surface area (Å²) in [4.78, 5) is 0. The normalized spacial score (nSPS) is 12.5. The summed E-state index contributed by atoms with van der Waals surface area (Å²) in [5.41, 5.74) is 1.42. The van der Waals surface area contributed by atoms with Crippen LogP contribution >= 0.6 is 0 Å². The van der Waals surface area contributed by atoms with Crippen LogP contribution in [-0.4, -0.2) is 22.4 Å². The van der Waals surface area contributed by atoms with Crippen molar-refractivity contribution in [2.75, 3.05) is 6.54 Å². The Morgan fingerprint density at radius 3 is 2.78 bits per heavy atom. The molecule has 0 saturated carbocycles. The SMILES string of the molecule is CC(Cn1cccn1)NCCCc1ccccc1. The second kappa shape index (κ2) is 6.97. The fourth-order valence-electron chi connectivity index (χ4n) is 2.04. The average Bonchev–Trinajstić information content (AvgIpc) is 2.89. The van der Waals surface area contributed by atoms with E-state index in [4.69, 9.17) is 0 Å². The van der Waals surface area contributed by atoms with Gasteiger partial charge in [0.15, 0.2) is 0 Å². The smallest absolute Gasteiger partial charge is 0.0559 e. The molecule has 1 N–H and O–H groups in total. The zero-order valence-electron chi connectivity index (χ0n) is 10.9. The third-order valence-electron chi connectivity index (χ3n) is 3.00. The van der Waals surface area contributed by atoms with Gasteiger partial charge in [-0.25, -0.2) is 0 Å². The molecule has 0 radical (unpaired) electrons. The first-order valence-corrected chi connectivity index (χ1v) is 6.59. The van der Waals surface area contributed by atoms with Crippen LogP contribution < -0.4 is 5.32 Å². The van der Waals surface area contributed by atoms with Gasteiger partial charge in [-0.3, -0.25) is 4.68 Å². The van der Waals surface area contributed by atoms with E-state index in [1.807, 2.05) is 23.1 Å². The van der Waals surface area contributed by atoms with Crippen molar-refractivity contribution in [2.24, 2.45) is 0 Å². The molecule has 0 amide bonds. The molecule has 2 aromatic rings. The zero-order chi connectivity index (χ0) is 12.6. The predicted molar refractivity (Wildman–Crippen MR) is 74.5 cm³/mol. The van der Waals surface area contributed by atoms with Crippen molar-refractivity contribution in [2.45, 2.75) is 32.4 Å². The van der Waals surface area contributed by atoms with Crippen LogP contribution in [0.2, 0.25) is 0 Å². The summed E-state index contributed by atoms with van der Waals surface area (Å²) in [7, 11) is 0. The minimum Gasteiger partial charge on any atom is -0.312 e. The van der Waals surface area contributed by atoms with E-state index in [2.05, 4.69) is 47.7 Å². The number of benzene rings is 1. The molecule has 18 heavy (non-hydrogen) atoms. The Labute approximate surface area is 109 Å². The molecule has 0 aliphatic rings. The monoisotopic (exact) mass is 243 g/mol. The van der Waals surface area contributed by atoms with Gasteiger partial charge in [0, 0.05) is 18.4 Å². The molecule has 1 unspecified atom stereocenters. The maximum Gasteiger partial charge on any atom is 0.0559 e. The summed E-state index contributed by atoms with van der Waals surface area (Å²) in [6, 6.07) is 13.1. The van der Waals surface area contributed by atoms with Crippen LogP contribution in [0.1, 0.15) is 18.9 Å². The molecule has 2 rings (SSSR count). The molecule has 1 heterocycles. The van der Waals surface area contributed by atoms with Crippen LogP contribution in [0.3, 0.4) is 0 Å². The second-order valence-electron chi connectivity index (χ2n) is 4.67. The van der Waals surface area contributed by atoms with Gasteiger partial charge in [0.25, 0.3) is 0 Å². The van der Waals surface area contributed by atoms with Gasteiger partial charge in [-0.1, -0.05) is 30.3 Å². The molecule has 1 aromatic carbocycles. The molecule has 1 aromatic heterocycles. The highest BCUT2D eigenvalue weighted by Gasteiger charge is 2.01. The van der Waals surface area contributed by atoms with E-state index in [0.717, 1.165) is 19.5 Å². The van der Waals surface area contributed by atoms with Crippen LogP contribution in [0.4, 0.5) is 0 Å². The van der Waals surface area contributed by atoms with E-state index >= 15 is 0 Å². The lowest BCUT2D eigenvalue weighted by Gasteiger charge is -2.13. The molecule has 0 saturated heterocycles. The number of nitrogens with one attached hydrogen (secondary N) is 1. The lowest BCUT2D eigenvalue weighted by atomic mass is 10.1. The van der Waals surface area contributed by atoms with Gasteiger partial charge in [-0.2, -0.15) is 5.10 Å². The third kappa shape index (κ3) is 4.34. The van der Waals surface area contributed by atoms with Crippen molar-refractivity contribution in [1.82, 2.24) is 15.1 Å². The van der Waals surface area contributed by atoms with E-state index in [9.17, 15) is 0 Å². The molecule has 0 aliphatic heterocycles. The highest BCUT2D eigenvalue weighted by molar-refractivity contribution is 5.14. The molecule has 1 atom stereocenters. The van der Waals surface area contributed by atoms with Crippen LogP contribution in [0.5, 0.6) is 0 Å². The molecule has 0 aliphatic carbocycles. The van der Waals surface area contributed by atoms with Crippen LogP contribution in [0, 0.1) is 0 Å². The first-order chi connectivity index (χ1) is 8.84. The molecule has 96 valence electrons. The predicted octanol–water partition coefficient (Wildman–Crippen LogP) is 2.49. The lowest BCUT2D eigenvalue weighted by Crippen LogP contribution is -2.31. The summed E-state index contributed by atoms with van der Waals surface area (Å²) in [5, 5.41) is 7.74. The quantitative estimate of drug-likeness (QED) is 0.757. The largest absolute Gasteiger partial charge is 0.312 e. The molecule has 3 heteroatoms. The van der Waals surface area contributed by atoms with Crippen molar-refractivity contribution < 1.29 is 0 Å².